The lowest BCUT2D eigenvalue weighted by atomic mass is 9.86. The standard InChI is InChI=1S/C17H18O/c1-2-5-12(6-3-1)11-18-17-15-9-10-16(17)14-8-4-7-13(14)15/h1-7,9-10,13-17H,8,11H2/t13-,14+,15-,16+,17-/m1/s1. The van der Waals surface area contributed by atoms with Crippen LogP contribution in [-0.2, 0) is 11.3 Å². The van der Waals surface area contributed by atoms with Gasteiger partial charge in [-0.05, 0) is 23.8 Å². The molecule has 1 aromatic carbocycles. The van der Waals surface area contributed by atoms with Gasteiger partial charge in [0, 0.05) is 11.8 Å². The van der Waals surface area contributed by atoms with E-state index in [0.717, 1.165) is 18.4 Å². The minimum absolute atomic E-state index is 0.421. The van der Waals surface area contributed by atoms with Gasteiger partial charge in [0.1, 0.15) is 0 Å². The summed E-state index contributed by atoms with van der Waals surface area (Å²) in [5, 5.41) is 0. The van der Waals surface area contributed by atoms with Crippen molar-refractivity contribution in [3.63, 3.8) is 0 Å². The van der Waals surface area contributed by atoms with Crippen LogP contribution in [0.15, 0.2) is 54.6 Å². The molecule has 0 unspecified atom stereocenters. The lowest BCUT2D eigenvalue weighted by Gasteiger charge is -2.19. The molecule has 2 bridgehead atoms. The maximum atomic E-state index is 6.22. The monoisotopic (exact) mass is 238 g/mol. The summed E-state index contributed by atoms with van der Waals surface area (Å²) in [7, 11) is 0. The highest BCUT2D eigenvalue weighted by Gasteiger charge is 2.52. The van der Waals surface area contributed by atoms with E-state index in [1.54, 1.807) is 0 Å². The Morgan fingerprint density at radius 3 is 2.61 bits per heavy atom. The summed E-state index contributed by atoms with van der Waals surface area (Å²) in [4.78, 5) is 0. The summed E-state index contributed by atoms with van der Waals surface area (Å²) in [6, 6.07) is 10.5. The summed E-state index contributed by atoms with van der Waals surface area (Å²) in [6.45, 7) is 0.753. The van der Waals surface area contributed by atoms with Crippen LogP contribution in [-0.4, -0.2) is 6.10 Å². The van der Waals surface area contributed by atoms with Crippen molar-refractivity contribution in [3.8, 4) is 0 Å². The van der Waals surface area contributed by atoms with Gasteiger partial charge in [0.25, 0.3) is 0 Å². The van der Waals surface area contributed by atoms with Crippen molar-refractivity contribution in [3.05, 3.63) is 60.2 Å². The smallest absolute Gasteiger partial charge is 0.0721 e. The summed E-state index contributed by atoms with van der Waals surface area (Å²) in [5.41, 5.74) is 1.28. The van der Waals surface area contributed by atoms with Crippen LogP contribution in [0.5, 0.6) is 0 Å². The van der Waals surface area contributed by atoms with E-state index in [0.29, 0.717) is 17.9 Å². The third-order valence-corrected chi connectivity index (χ3v) is 4.80. The highest BCUT2D eigenvalue weighted by atomic mass is 16.5. The zero-order valence-corrected chi connectivity index (χ0v) is 10.4. The molecule has 0 spiro atoms. The number of rotatable bonds is 3. The van der Waals surface area contributed by atoms with Crippen LogP contribution in [0.1, 0.15) is 12.0 Å². The summed E-state index contributed by atoms with van der Waals surface area (Å²) >= 11 is 0. The SMILES string of the molecule is C1=C[C@H]2[C@H]3C=C[C@@H]([C@H]2C1)[C@@H]3OCc1ccccc1. The van der Waals surface area contributed by atoms with Gasteiger partial charge in [0.15, 0.2) is 0 Å². The van der Waals surface area contributed by atoms with Gasteiger partial charge in [-0.2, -0.15) is 0 Å². The molecule has 1 saturated carbocycles. The van der Waals surface area contributed by atoms with Gasteiger partial charge < -0.3 is 4.74 Å². The Morgan fingerprint density at radius 2 is 1.78 bits per heavy atom. The molecular weight excluding hydrogens is 220 g/mol. The van der Waals surface area contributed by atoms with Crippen LogP contribution < -0.4 is 0 Å². The fourth-order valence-electron chi connectivity index (χ4n) is 3.97. The van der Waals surface area contributed by atoms with Gasteiger partial charge in [0.05, 0.1) is 12.7 Å². The van der Waals surface area contributed by atoms with E-state index in [4.69, 9.17) is 4.74 Å². The van der Waals surface area contributed by atoms with E-state index in [9.17, 15) is 0 Å². The number of benzene rings is 1. The van der Waals surface area contributed by atoms with Crippen LogP contribution >= 0.6 is 0 Å². The molecule has 3 aliphatic carbocycles. The topological polar surface area (TPSA) is 9.23 Å². The maximum absolute atomic E-state index is 6.22. The number of allylic oxidation sites excluding steroid dienone is 2. The van der Waals surface area contributed by atoms with Gasteiger partial charge in [0.2, 0.25) is 0 Å². The van der Waals surface area contributed by atoms with Crippen molar-refractivity contribution < 1.29 is 4.74 Å². The normalized spacial score (nSPS) is 39.4. The van der Waals surface area contributed by atoms with E-state index in [1.807, 2.05) is 0 Å². The molecule has 1 fully saturated rings. The van der Waals surface area contributed by atoms with Crippen LogP contribution in [0.25, 0.3) is 0 Å². The molecule has 4 rings (SSSR count). The number of fused-ring (bicyclic) bond motifs is 5. The first-order chi connectivity index (χ1) is 8.93. The van der Waals surface area contributed by atoms with Crippen molar-refractivity contribution in [2.45, 2.75) is 19.1 Å². The van der Waals surface area contributed by atoms with E-state index >= 15 is 0 Å². The van der Waals surface area contributed by atoms with E-state index in [-0.39, 0.29) is 0 Å². The molecular formula is C17H18O. The zero-order chi connectivity index (χ0) is 11.9. The fourth-order valence-corrected chi connectivity index (χ4v) is 3.97. The Morgan fingerprint density at radius 1 is 0.944 bits per heavy atom. The van der Waals surface area contributed by atoms with Crippen molar-refractivity contribution in [2.24, 2.45) is 23.7 Å². The van der Waals surface area contributed by atoms with Gasteiger partial charge in [-0.25, -0.2) is 0 Å². The summed E-state index contributed by atoms with van der Waals surface area (Å²) in [5.74, 6) is 2.85. The molecule has 0 radical (unpaired) electrons. The predicted octanol–water partition coefficient (Wildman–Crippen LogP) is 3.58. The highest BCUT2D eigenvalue weighted by molar-refractivity contribution is 5.26. The number of hydrogen-bond donors (Lipinski definition) is 0. The van der Waals surface area contributed by atoms with Gasteiger partial charge in [-0.1, -0.05) is 54.6 Å². The van der Waals surface area contributed by atoms with Crippen LogP contribution in [0.4, 0.5) is 0 Å². The largest absolute Gasteiger partial charge is 0.372 e. The molecule has 5 atom stereocenters. The number of ether oxygens (including phenoxy) is 1. The lowest BCUT2D eigenvalue weighted by Crippen LogP contribution is -2.21. The third-order valence-electron chi connectivity index (χ3n) is 4.80. The first-order valence-corrected chi connectivity index (χ1v) is 6.94. The zero-order valence-electron chi connectivity index (χ0n) is 10.4. The van der Waals surface area contributed by atoms with Crippen LogP contribution in [0.2, 0.25) is 0 Å². The molecule has 3 aliphatic rings. The van der Waals surface area contributed by atoms with Crippen LogP contribution in [0.3, 0.4) is 0 Å². The van der Waals surface area contributed by atoms with Crippen molar-refractivity contribution in [2.75, 3.05) is 0 Å². The lowest BCUT2D eigenvalue weighted by molar-refractivity contribution is 0.0115. The Labute approximate surface area is 108 Å². The van der Waals surface area contributed by atoms with Gasteiger partial charge in [-0.3, -0.25) is 0 Å². The van der Waals surface area contributed by atoms with Crippen molar-refractivity contribution in [1.29, 1.82) is 0 Å². The molecule has 0 heterocycles. The second kappa shape index (κ2) is 4.10. The van der Waals surface area contributed by atoms with Gasteiger partial charge >= 0.3 is 0 Å². The first-order valence-electron chi connectivity index (χ1n) is 6.94. The van der Waals surface area contributed by atoms with Crippen molar-refractivity contribution >= 4 is 0 Å². The molecule has 0 N–H and O–H groups in total. The molecule has 1 nitrogen and oxygen atoms in total. The fraction of sp³-hybridized carbons (Fsp3) is 0.412. The second-order valence-electron chi connectivity index (χ2n) is 5.71. The van der Waals surface area contributed by atoms with Crippen LogP contribution in [0, 0.1) is 23.7 Å². The molecule has 0 amide bonds. The van der Waals surface area contributed by atoms with Crippen molar-refractivity contribution in [1.82, 2.24) is 0 Å². The third kappa shape index (κ3) is 1.50. The van der Waals surface area contributed by atoms with E-state index in [2.05, 4.69) is 54.6 Å². The Hall–Kier alpha value is -1.34. The summed E-state index contributed by atoms with van der Waals surface area (Å²) in [6.07, 6.45) is 11.2. The molecule has 1 heteroatoms. The average molecular weight is 238 g/mol. The quantitative estimate of drug-likeness (QED) is 0.731. The molecule has 92 valence electrons. The second-order valence-corrected chi connectivity index (χ2v) is 5.71. The predicted molar refractivity (Wildman–Crippen MR) is 71.9 cm³/mol. The molecule has 1 aromatic rings. The molecule has 18 heavy (non-hydrogen) atoms. The number of hydrogen-bond acceptors (Lipinski definition) is 1. The van der Waals surface area contributed by atoms with E-state index in [1.165, 1.54) is 12.0 Å². The minimum Gasteiger partial charge on any atom is -0.372 e. The maximum Gasteiger partial charge on any atom is 0.0721 e. The molecule has 0 aliphatic heterocycles. The Bertz CT molecular complexity index is 488. The molecule has 0 saturated heterocycles. The minimum atomic E-state index is 0.421. The Balaban J connectivity index is 1.47. The van der Waals surface area contributed by atoms with E-state index < -0.39 is 0 Å². The molecule has 0 aromatic heterocycles. The first kappa shape index (κ1) is 10.6. The Kier molecular flexibility index (Phi) is 2.41. The van der Waals surface area contributed by atoms with Gasteiger partial charge in [-0.15, -0.1) is 0 Å². The summed E-state index contributed by atoms with van der Waals surface area (Å²) < 4.78 is 6.22. The average Bonchev–Trinajstić information content (AvgIpc) is 3.09. The highest BCUT2D eigenvalue weighted by Crippen LogP contribution is 2.54.